The average molecular weight is 237 g/mol. The number of rotatable bonds is 3. The molecule has 0 saturated carbocycles. The van der Waals surface area contributed by atoms with Gasteiger partial charge in [0.25, 0.3) is 0 Å². The molecule has 2 rings (SSSR count). The zero-order valence-corrected chi connectivity index (χ0v) is 9.32. The third-order valence-corrected chi connectivity index (χ3v) is 2.49. The molecule has 0 aliphatic rings. The number of methoxy groups -OCH3 is 1. The minimum atomic E-state index is 0.272. The van der Waals surface area contributed by atoms with E-state index in [1.54, 1.807) is 19.2 Å². The number of aldehydes is 1. The molecule has 0 atom stereocenters. The van der Waals surface area contributed by atoms with Crippen molar-refractivity contribution in [2.24, 2.45) is 0 Å². The van der Waals surface area contributed by atoms with Crippen LogP contribution in [0, 0.1) is 0 Å². The molecule has 0 fully saturated rings. The fourth-order valence-corrected chi connectivity index (χ4v) is 1.60. The molecule has 0 radical (unpaired) electrons. The number of benzene rings is 1. The van der Waals surface area contributed by atoms with Gasteiger partial charge in [0.2, 0.25) is 0 Å². The first-order chi connectivity index (χ1) is 7.76. The smallest absolute Gasteiger partial charge is 0.176 e. The van der Waals surface area contributed by atoms with Gasteiger partial charge in [0.05, 0.1) is 12.1 Å². The van der Waals surface area contributed by atoms with Gasteiger partial charge in [0.15, 0.2) is 11.3 Å². The Hall–Kier alpha value is -1.74. The maximum atomic E-state index is 10.3. The molecule has 3 nitrogen and oxygen atoms in total. The Labute approximate surface area is 97.3 Å². The summed E-state index contributed by atoms with van der Waals surface area (Å²) in [5, 5.41) is 1.15. The van der Waals surface area contributed by atoms with E-state index in [2.05, 4.69) is 0 Å². The van der Waals surface area contributed by atoms with E-state index in [-0.39, 0.29) is 5.03 Å². The summed E-state index contributed by atoms with van der Waals surface area (Å²) >= 11 is 5.87. The van der Waals surface area contributed by atoms with Gasteiger partial charge in [0, 0.05) is 11.5 Å². The summed E-state index contributed by atoms with van der Waals surface area (Å²) in [6.45, 7) is 0. The minimum absolute atomic E-state index is 0.272. The van der Waals surface area contributed by atoms with Gasteiger partial charge in [-0.05, 0) is 12.1 Å². The molecule has 16 heavy (non-hydrogen) atoms. The summed E-state index contributed by atoms with van der Waals surface area (Å²) in [4.78, 5) is 10.3. The second-order valence-corrected chi connectivity index (χ2v) is 3.55. The van der Waals surface area contributed by atoms with E-state index in [0.717, 1.165) is 5.39 Å². The van der Waals surface area contributed by atoms with E-state index in [1.165, 1.54) is 6.08 Å². The lowest BCUT2D eigenvalue weighted by molar-refractivity contribution is -0.104. The molecule has 0 saturated heterocycles. The predicted molar refractivity (Wildman–Crippen MR) is 62.7 cm³/mol. The van der Waals surface area contributed by atoms with Crippen LogP contribution in [-0.2, 0) is 4.79 Å². The molecule has 1 aromatic carbocycles. The molecular weight excluding hydrogens is 228 g/mol. The van der Waals surface area contributed by atoms with E-state index in [0.29, 0.717) is 23.4 Å². The largest absolute Gasteiger partial charge is 0.493 e. The predicted octanol–water partition coefficient (Wildman–Crippen LogP) is 3.22. The third kappa shape index (κ3) is 1.82. The van der Waals surface area contributed by atoms with Crippen LogP contribution in [0.15, 0.2) is 34.8 Å². The number of hydrogen-bond acceptors (Lipinski definition) is 3. The molecule has 1 heterocycles. The van der Waals surface area contributed by atoms with Crippen molar-refractivity contribution in [1.29, 1.82) is 0 Å². The summed E-state index contributed by atoms with van der Waals surface area (Å²) in [7, 11) is 1.57. The van der Waals surface area contributed by atoms with E-state index in [1.807, 2.05) is 12.1 Å². The molecular formula is C12H9ClO3. The number of carbonyl (C=O) groups excluding carboxylic acids is 1. The van der Waals surface area contributed by atoms with E-state index in [4.69, 9.17) is 20.8 Å². The number of allylic oxidation sites excluding steroid dienone is 1. The molecule has 2 aromatic rings. The highest BCUT2D eigenvalue weighted by Gasteiger charge is 2.10. The quantitative estimate of drug-likeness (QED) is 0.607. The average Bonchev–Trinajstić information content (AvgIpc) is 2.72. The summed E-state index contributed by atoms with van der Waals surface area (Å²) in [5.74, 6) is 1.09. The van der Waals surface area contributed by atoms with Gasteiger partial charge in [-0.15, -0.1) is 0 Å². The SMILES string of the molecule is COc1cccc2cc(/C(Cl)=C\C=O)oc12. The Balaban J connectivity index is 2.60. The van der Waals surface area contributed by atoms with Crippen molar-refractivity contribution in [1.82, 2.24) is 0 Å². The molecule has 0 bridgehead atoms. The van der Waals surface area contributed by atoms with Crippen LogP contribution in [-0.4, -0.2) is 13.4 Å². The van der Waals surface area contributed by atoms with Crippen molar-refractivity contribution < 1.29 is 13.9 Å². The van der Waals surface area contributed by atoms with Crippen LogP contribution in [0.25, 0.3) is 16.0 Å². The van der Waals surface area contributed by atoms with Gasteiger partial charge in [-0.1, -0.05) is 23.7 Å². The molecule has 4 heteroatoms. The molecule has 0 N–H and O–H groups in total. The Morgan fingerprint density at radius 1 is 1.50 bits per heavy atom. The zero-order valence-electron chi connectivity index (χ0n) is 8.57. The third-order valence-electron chi connectivity index (χ3n) is 2.18. The number of hydrogen-bond donors (Lipinski definition) is 0. The normalized spacial score (nSPS) is 11.8. The van der Waals surface area contributed by atoms with Gasteiger partial charge in [0.1, 0.15) is 12.0 Å². The van der Waals surface area contributed by atoms with E-state index in [9.17, 15) is 4.79 Å². The van der Waals surface area contributed by atoms with Gasteiger partial charge < -0.3 is 9.15 Å². The van der Waals surface area contributed by atoms with Crippen LogP contribution in [0.4, 0.5) is 0 Å². The van der Waals surface area contributed by atoms with E-state index < -0.39 is 0 Å². The second kappa shape index (κ2) is 4.41. The van der Waals surface area contributed by atoms with Crippen LogP contribution in [0.5, 0.6) is 5.75 Å². The van der Waals surface area contributed by atoms with E-state index >= 15 is 0 Å². The topological polar surface area (TPSA) is 39.4 Å². The molecule has 0 spiro atoms. The molecule has 82 valence electrons. The number of halogens is 1. The Morgan fingerprint density at radius 2 is 2.31 bits per heavy atom. The standard InChI is InChI=1S/C12H9ClO3/c1-15-10-4-2-3-8-7-11(16-12(8)10)9(13)5-6-14/h2-7H,1H3/b9-5+. The highest BCUT2D eigenvalue weighted by molar-refractivity contribution is 6.49. The summed E-state index contributed by atoms with van der Waals surface area (Å²) in [6.07, 6.45) is 1.86. The number of ether oxygens (including phenoxy) is 1. The molecule has 0 unspecified atom stereocenters. The first-order valence-corrected chi connectivity index (χ1v) is 5.02. The monoisotopic (exact) mass is 236 g/mol. The summed E-state index contributed by atoms with van der Waals surface area (Å²) in [6, 6.07) is 7.31. The summed E-state index contributed by atoms with van der Waals surface area (Å²) in [5.41, 5.74) is 0.623. The lowest BCUT2D eigenvalue weighted by Crippen LogP contribution is -1.81. The maximum absolute atomic E-state index is 10.3. The lowest BCUT2D eigenvalue weighted by atomic mass is 10.2. The van der Waals surface area contributed by atoms with Gasteiger partial charge >= 0.3 is 0 Å². The Kier molecular flexibility index (Phi) is 2.97. The van der Waals surface area contributed by atoms with Crippen molar-refractivity contribution in [3.8, 4) is 5.75 Å². The van der Waals surface area contributed by atoms with Crippen LogP contribution >= 0.6 is 11.6 Å². The lowest BCUT2D eigenvalue weighted by Gasteiger charge is -1.98. The second-order valence-electron chi connectivity index (χ2n) is 3.14. The van der Waals surface area contributed by atoms with Gasteiger partial charge in [-0.2, -0.15) is 0 Å². The Bertz CT molecular complexity index is 554. The highest BCUT2D eigenvalue weighted by atomic mass is 35.5. The highest BCUT2D eigenvalue weighted by Crippen LogP contribution is 2.32. The molecule has 0 aliphatic carbocycles. The number of fused-ring (bicyclic) bond motifs is 1. The molecule has 0 amide bonds. The summed E-state index contributed by atoms with van der Waals surface area (Å²) < 4.78 is 10.7. The van der Waals surface area contributed by atoms with Crippen molar-refractivity contribution in [2.45, 2.75) is 0 Å². The van der Waals surface area contributed by atoms with Crippen molar-refractivity contribution in [3.05, 3.63) is 36.1 Å². The number of para-hydroxylation sites is 1. The maximum Gasteiger partial charge on any atom is 0.176 e. The van der Waals surface area contributed by atoms with Crippen molar-refractivity contribution in [3.63, 3.8) is 0 Å². The van der Waals surface area contributed by atoms with Gasteiger partial charge in [-0.25, -0.2) is 0 Å². The van der Waals surface area contributed by atoms with Crippen LogP contribution < -0.4 is 4.74 Å². The fraction of sp³-hybridized carbons (Fsp3) is 0.0833. The zero-order chi connectivity index (χ0) is 11.5. The number of carbonyl (C=O) groups is 1. The number of furan rings is 1. The van der Waals surface area contributed by atoms with Crippen LogP contribution in [0.1, 0.15) is 5.76 Å². The first kappa shape index (κ1) is 10.8. The molecule has 1 aromatic heterocycles. The van der Waals surface area contributed by atoms with Gasteiger partial charge in [-0.3, -0.25) is 4.79 Å². The van der Waals surface area contributed by atoms with Crippen molar-refractivity contribution >= 4 is 33.9 Å². The van der Waals surface area contributed by atoms with Crippen LogP contribution in [0.2, 0.25) is 0 Å². The van der Waals surface area contributed by atoms with Crippen molar-refractivity contribution in [2.75, 3.05) is 7.11 Å². The van der Waals surface area contributed by atoms with Crippen LogP contribution in [0.3, 0.4) is 0 Å². The first-order valence-electron chi connectivity index (χ1n) is 4.64. The minimum Gasteiger partial charge on any atom is -0.493 e. The Morgan fingerprint density at radius 3 is 3.00 bits per heavy atom. The fourth-order valence-electron chi connectivity index (χ4n) is 1.46. The molecule has 0 aliphatic heterocycles.